The van der Waals surface area contributed by atoms with Crippen LogP contribution >= 0.6 is 0 Å². The Bertz CT molecular complexity index is 1480. The molecule has 270 valence electrons. The molecule has 0 saturated carbocycles. The molecule has 2 bridgehead atoms. The van der Waals surface area contributed by atoms with Gasteiger partial charge in [0.2, 0.25) is 29.5 Å². The summed E-state index contributed by atoms with van der Waals surface area (Å²) in [6, 6.07) is 13.5. The normalized spacial score (nSPS) is 21.9. The lowest BCUT2D eigenvalue weighted by atomic mass is 10.0. The first-order valence-electron chi connectivity index (χ1n) is 17.9. The quantitative estimate of drug-likeness (QED) is 0.328. The molecule has 12 heteroatoms. The number of amides is 6. The fourth-order valence-electron chi connectivity index (χ4n) is 6.21. The predicted octanol–water partition coefficient (Wildman–Crippen LogP) is 2.70. The van der Waals surface area contributed by atoms with E-state index in [1.807, 2.05) is 44.2 Å². The Kier molecular flexibility index (Phi) is 14.4. The van der Waals surface area contributed by atoms with Gasteiger partial charge in [0.25, 0.3) is 5.91 Å². The first-order chi connectivity index (χ1) is 24.0. The summed E-state index contributed by atoms with van der Waals surface area (Å²) >= 11 is 0. The van der Waals surface area contributed by atoms with Crippen LogP contribution < -0.4 is 21.3 Å². The molecule has 1 fully saturated rings. The van der Waals surface area contributed by atoms with Crippen LogP contribution in [-0.4, -0.2) is 89.5 Å². The lowest BCUT2D eigenvalue weighted by molar-refractivity contribution is -0.136. The summed E-state index contributed by atoms with van der Waals surface area (Å²) in [5.41, 5.74) is 2.01. The highest BCUT2D eigenvalue weighted by Crippen LogP contribution is 2.15. The van der Waals surface area contributed by atoms with Gasteiger partial charge in [-0.2, -0.15) is 0 Å². The zero-order valence-electron chi connectivity index (χ0n) is 29.5. The van der Waals surface area contributed by atoms with Crippen LogP contribution in [0.15, 0.2) is 54.6 Å². The molecule has 2 aromatic rings. The van der Waals surface area contributed by atoms with Crippen LogP contribution in [0, 0.1) is 5.92 Å². The molecule has 6 amide bonds. The van der Waals surface area contributed by atoms with Crippen molar-refractivity contribution in [3.05, 3.63) is 71.3 Å². The number of nitrogens with zero attached hydrogens (tertiary/aromatic N) is 2. The van der Waals surface area contributed by atoms with Gasteiger partial charge in [-0.25, -0.2) is 0 Å². The molecule has 5 rings (SSSR count). The van der Waals surface area contributed by atoms with Gasteiger partial charge in [0.05, 0.1) is 0 Å². The molecule has 50 heavy (non-hydrogen) atoms. The van der Waals surface area contributed by atoms with Crippen molar-refractivity contribution in [1.82, 2.24) is 31.1 Å². The SMILES string of the molecule is CC(C)C[C@@H]1NC(=O)[C@@H](Cc2ccccc2)NC(=O)c2ccc(cc2)CN(C(=O)CCN2CCCCC2=O)CCCCNC(=O)[C@@H](C)NC1=O. The highest BCUT2D eigenvalue weighted by atomic mass is 16.2. The van der Waals surface area contributed by atoms with Gasteiger partial charge in [-0.15, -0.1) is 0 Å². The van der Waals surface area contributed by atoms with Gasteiger partial charge < -0.3 is 31.1 Å². The molecule has 3 atom stereocenters. The van der Waals surface area contributed by atoms with Crippen molar-refractivity contribution in [2.75, 3.05) is 26.2 Å². The number of carbonyl (C=O) groups excluding carboxylic acids is 6. The topological polar surface area (TPSA) is 157 Å². The maximum atomic E-state index is 13.7. The molecule has 12 nitrogen and oxygen atoms in total. The standard InChI is InChI=1S/C38H52N6O6/c1-26(2)23-31-37(49)40-27(3)35(47)39-19-8-10-21-44(34(46)18-22-43-20-9-7-13-33(43)45)25-29-14-16-30(17-15-29)36(48)41-32(38(50)42-31)24-28-11-5-4-6-12-28/h4-6,11-12,14-17,26-27,31-32H,7-10,13,18-25H2,1-3H3,(H,39,47)(H,40,49)(H,41,48)(H,42,50)/t27-,31+,32-/m1/s1. The third-order valence-electron chi connectivity index (χ3n) is 9.11. The Hall–Kier alpha value is -4.74. The van der Waals surface area contributed by atoms with Gasteiger partial charge in [0.15, 0.2) is 0 Å². The molecule has 0 spiro atoms. The average Bonchev–Trinajstić information content (AvgIpc) is 3.09. The van der Waals surface area contributed by atoms with Gasteiger partial charge in [-0.1, -0.05) is 56.3 Å². The van der Waals surface area contributed by atoms with Crippen molar-refractivity contribution in [3.63, 3.8) is 0 Å². The molecule has 0 radical (unpaired) electrons. The van der Waals surface area contributed by atoms with E-state index in [9.17, 15) is 28.8 Å². The summed E-state index contributed by atoms with van der Waals surface area (Å²) in [7, 11) is 0. The Morgan fingerprint density at radius 2 is 1.50 bits per heavy atom. The number of hydrogen-bond acceptors (Lipinski definition) is 6. The van der Waals surface area contributed by atoms with Gasteiger partial charge in [0.1, 0.15) is 18.1 Å². The number of rotatable bonds is 7. The summed E-state index contributed by atoms with van der Waals surface area (Å²) in [5.74, 6) is -1.73. The van der Waals surface area contributed by atoms with Crippen molar-refractivity contribution < 1.29 is 28.8 Å². The van der Waals surface area contributed by atoms with Crippen molar-refractivity contribution >= 4 is 35.4 Å². The highest BCUT2D eigenvalue weighted by molar-refractivity contribution is 5.99. The minimum Gasteiger partial charge on any atom is -0.354 e. The van der Waals surface area contributed by atoms with Crippen LogP contribution in [0.4, 0.5) is 0 Å². The number of likely N-dealkylation sites (tertiary alicyclic amines) is 1. The Morgan fingerprint density at radius 3 is 2.20 bits per heavy atom. The molecule has 0 aliphatic carbocycles. The van der Waals surface area contributed by atoms with Crippen LogP contribution in [0.1, 0.15) is 87.2 Å². The summed E-state index contributed by atoms with van der Waals surface area (Å²) in [4.78, 5) is 82.8. The molecular formula is C38H52N6O6. The number of fused-ring (bicyclic) bond motifs is 18. The van der Waals surface area contributed by atoms with Gasteiger partial charge in [0, 0.05) is 57.5 Å². The smallest absolute Gasteiger partial charge is 0.251 e. The second-order valence-electron chi connectivity index (χ2n) is 13.7. The fraction of sp³-hybridized carbons (Fsp3) is 0.526. The summed E-state index contributed by atoms with van der Waals surface area (Å²) < 4.78 is 0. The number of nitrogens with one attached hydrogen (secondary N) is 4. The van der Waals surface area contributed by atoms with Crippen molar-refractivity contribution in [1.29, 1.82) is 0 Å². The maximum absolute atomic E-state index is 13.7. The first-order valence-corrected chi connectivity index (χ1v) is 17.9. The van der Waals surface area contributed by atoms with E-state index in [1.165, 1.54) is 0 Å². The van der Waals surface area contributed by atoms with E-state index in [2.05, 4.69) is 21.3 Å². The molecule has 3 aliphatic heterocycles. The van der Waals surface area contributed by atoms with Crippen LogP contribution in [0.3, 0.4) is 0 Å². The Balaban J connectivity index is 1.56. The van der Waals surface area contributed by atoms with Crippen LogP contribution in [0.2, 0.25) is 0 Å². The predicted molar refractivity (Wildman–Crippen MR) is 190 cm³/mol. The second-order valence-corrected chi connectivity index (χ2v) is 13.7. The van der Waals surface area contributed by atoms with Gasteiger partial charge >= 0.3 is 0 Å². The fourth-order valence-corrected chi connectivity index (χ4v) is 6.21. The first kappa shape index (κ1) is 38.1. The maximum Gasteiger partial charge on any atom is 0.251 e. The van der Waals surface area contributed by atoms with Gasteiger partial charge in [-0.3, -0.25) is 28.8 Å². The Morgan fingerprint density at radius 1 is 0.800 bits per heavy atom. The highest BCUT2D eigenvalue weighted by Gasteiger charge is 2.30. The molecule has 3 heterocycles. The van der Waals surface area contributed by atoms with E-state index in [1.54, 1.807) is 41.0 Å². The van der Waals surface area contributed by atoms with Crippen molar-refractivity contribution in [2.24, 2.45) is 5.92 Å². The number of carbonyl (C=O) groups is 6. The summed E-state index contributed by atoms with van der Waals surface area (Å²) in [6.45, 7) is 7.64. The van der Waals surface area contributed by atoms with E-state index in [0.717, 1.165) is 24.0 Å². The van der Waals surface area contributed by atoms with Crippen LogP contribution in [0.25, 0.3) is 0 Å². The minimum absolute atomic E-state index is 0.0593. The molecular weight excluding hydrogens is 636 g/mol. The van der Waals surface area contributed by atoms with E-state index < -0.39 is 35.8 Å². The van der Waals surface area contributed by atoms with Gasteiger partial charge in [-0.05, 0) is 68.2 Å². The lowest BCUT2D eigenvalue weighted by Gasteiger charge is -2.28. The van der Waals surface area contributed by atoms with Crippen LogP contribution in [0.5, 0.6) is 0 Å². The number of piperidine rings is 1. The number of hydrogen-bond donors (Lipinski definition) is 4. The molecule has 3 aliphatic rings. The lowest BCUT2D eigenvalue weighted by Crippen LogP contribution is -2.57. The molecule has 0 unspecified atom stereocenters. The van der Waals surface area contributed by atoms with E-state index in [-0.39, 0.29) is 36.5 Å². The third kappa shape index (κ3) is 11.7. The molecule has 2 aromatic carbocycles. The summed E-state index contributed by atoms with van der Waals surface area (Å²) in [5, 5.41) is 11.3. The zero-order valence-corrected chi connectivity index (χ0v) is 29.5. The third-order valence-corrected chi connectivity index (χ3v) is 9.11. The second kappa shape index (κ2) is 18.9. The van der Waals surface area contributed by atoms with Crippen LogP contribution in [-0.2, 0) is 36.9 Å². The molecule has 1 saturated heterocycles. The van der Waals surface area contributed by atoms with Crippen molar-refractivity contribution in [3.8, 4) is 0 Å². The largest absolute Gasteiger partial charge is 0.354 e. The molecule has 4 N–H and O–H groups in total. The van der Waals surface area contributed by atoms with E-state index in [0.29, 0.717) is 64.0 Å². The zero-order chi connectivity index (χ0) is 36.0. The summed E-state index contributed by atoms with van der Waals surface area (Å²) in [6.07, 6.45) is 4.31. The number of benzene rings is 2. The average molecular weight is 689 g/mol. The van der Waals surface area contributed by atoms with E-state index >= 15 is 0 Å². The van der Waals surface area contributed by atoms with Crippen molar-refractivity contribution in [2.45, 2.75) is 96.8 Å². The molecule has 0 aromatic heterocycles. The Labute approximate surface area is 295 Å². The minimum atomic E-state index is -0.984. The monoisotopic (exact) mass is 688 g/mol. The van der Waals surface area contributed by atoms with E-state index in [4.69, 9.17) is 0 Å².